The van der Waals surface area contributed by atoms with Crippen LogP contribution in [-0.2, 0) is 0 Å². The molecule has 0 bridgehead atoms. The van der Waals surface area contributed by atoms with E-state index in [9.17, 15) is 0 Å². The third-order valence-electron chi connectivity index (χ3n) is 2.65. The van der Waals surface area contributed by atoms with Crippen LogP contribution in [0.1, 0.15) is 53.9 Å². The summed E-state index contributed by atoms with van der Waals surface area (Å²) in [6.07, 6.45) is 2.66. The monoisotopic (exact) mass is 268 g/mol. The summed E-state index contributed by atoms with van der Waals surface area (Å²) in [4.78, 5) is 0. The highest BCUT2D eigenvalue weighted by Crippen LogP contribution is 2.19. The van der Waals surface area contributed by atoms with E-state index in [0.717, 1.165) is 12.8 Å². The van der Waals surface area contributed by atoms with Crippen LogP contribution in [0, 0.1) is 0 Å². The normalized spacial score (nSPS) is 13.8. The lowest BCUT2D eigenvalue weighted by Crippen LogP contribution is -2.44. The van der Waals surface area contributed by atoms with Gasteiger partial charge in [0.2, 0.25) is 0 Å². The van der Waals surface area contributed by atoms with E-state index in [-0.39, 0.29) is 0 Å². The molecule has 0 fully saturated rings. The molecular formula is C11H26BClO4. The van der Waals surface area contributed by atoms with Gasteiger partial charge in [0.15, 0.2) is 0 Å². The maximum absolute atomic E-state index is 9.10. The molecule has 1 atom stereocenters. The van der Waals surface area contributed by atoms with E-state index in [4.69, 9.17) is 31.9 Å². The summed E-state index contributed by atoms with van der Waals surface area (Å²) in [5, 5.41) is 34.7. The molecule has 0 aliphatic heterocycles. The van der Waals surface area contributed by atoms with Gasteiger partial charge in [-0.15, -0.1) is 11.6 Å². The summed E-state index contributed by atoms with van der Waals surface area (Å²) in [7, 11) is -1.36. The van der Waals surface area contributed by atoms with Crippen molar-refractivity contribution in [2.24, 2.45) is 0 Å². The number of unbranched alkanes of at least 4 members (excludes halogenated alkanes) is 1. The van der Waals surface area contributed by atoms with Crippen LogP contribution in [0.25, 0.3) is 0 Å². The van der Waals surface area contributed by atoms with Gasteiger partial charge >= 0.3 is 7.12 Å². The van der Waals surface area contributed by atoms with Gasteiger partial charge in [-0.25, -0.2) is 0 Å². The van der Waals surface area contributed by atoms with E-state index < -0.39 is 23.6 Å². The Hall–Kier alpha value is 0.195. The van der Waals surface area contributed by atoms with Gasteiger partial charge in [0.25, 0.3) is 0 Å². The molecule has 0 rings (SSSR count). The van der Waals surface area contributed by atoms with Crippen molar-refractivity contribution >= 4 is 18.7 Å². The quantitative estimate of drug-likeness (QED) is 0.448. The molecule has 0 aromatic heterocycles. The maximum Gasteiger partial charge on any atom is 0.470 e. The van der Waals surface area contributed by atoms with E-state index >= 15 is 0 Å². The first-order valence-electron chi connectivity index (χ1n) is 5.88. The molecule has 0 radical (unpaired) electrons. The Balaban J connectivity index is 0. The predicted octanol–water partition coefficient (Wildman–Crippen LogP) is 1.32. The highest BCUT2D eigenvalue weighted by Gasteiger charge is 2.31. The number of rotatable bonds is 5. The third-order valence-corrected chi connectivity index (χ3v) is 3.10. The molecule has 0 aliphatic carbocycles. The molecule has 0 aromatic rings. The lowest BCUT2D eigenvalue weighted by Gasteiger charge is -2.31. The highest BCUT2D eigenvalue weighted by atomic mass is 35.5. The second kappa shape index (κ2) is 8.32. The lowest BCUT2D eigenvalue weighted by atomic mass is 9.83. The van der Waals surface area contributed by atoms with Crippen molar-refractivity contribution in [2.45, 2.75) is 70.4 Å². The Morgan fingerprint density at radius 2 is 1.41 bits per heavy atom. The minimum absolute atomic E-state index is 0.495. The molecule has 0 aromatic carbocycles. The zero-order chi connectivity index (χ0) is 14.3. The van der Waals surface area contributed by atoms with Crippen LogP contribution >= 0.6 is 11.6 Å². The van der Waals surface area contributed by atoms with Crippen molar-refractivity contribution in [1.29, 1.82) is 0 Å². The number of halogens is 1. The van der Waals surface area contributed by atoms with Gasteiger partial charge in [0.1, 0.15) is 0 Å². The van der Waals surface area contributed by atoms with Gasteiger partial charge in [-0.05, 0) is 34.1 Å². The number of hydrogen-bond donors (Lipinski definition) is 4. The smallest absolute Gasteiger partial charge is 0.426 e. The van der Waals surface area contributed by atoms with E-state index in [1.165, 1.54) is 0 Å². The molecule has 6 heteroatoms. The third kappa shape index (κ3) is 11.0. The van der Waals surface area contributed by atoms with Crippen LogP contribution < -0.4 is 0 Å². The minimum atomic E-state index is -1.36. The van der Waals surface area contributed by atoms with Crippen molar-refractivity contribution in [3.8, 4) is 0 Å². The first-order valence-corrected chi connectivity index (χ1v) is 6.32. The summed E-state index contributed by atoms with van der Waals surface area (Å²) >= 11 is 5.49. The fourth-order valence-electron chi connectivity index (χ4n) is 0.548. The Morgan fingerprint density at radius 3 is 1.59 bits per heavy atom. The van der Waals surface area contributed by atoms with Gasteiger partial charge in [0, 0.05) is 0 Å². The van der Waals surface area contributed by atoms with Crippen molar-refractivity contribution in [3.05, 3.63) is 0 Å². The van der Waals surface area contributed by atoms with Crippen LogP contribution in [0.3, 0.4) is 0 Å². The first kappa shape index (κ1) is 19.5. The van der Waals surface area contributed by atoms with Crippen LogP contribution in [-0.4, -0.2) is 43.9 Å². The zero-order valence-electron chi connectivity index (χ0n) is 11.4. The Kier molecular flexibility index (Phi) is 9.56. The predicted molar refractivity (Wildman–Crippen MR) is 72.0 cm³/mol. The number of hydrogen-bond acceptors (Lipinski definition) is 4. The Morgan fingerprint density at radius 1 is 1.06 bits per heavy atom. The summed E-state index contributed by atoms with van der Waals surface area (Å²) < 4.78 is 0. The molecule has 1 unspecified atom stereocenters. The fourth-order valence-corrected chi connectivity index (χ4v) is 0.703. The minimum Gasteiger partial charge on any atom is -0.426 e. The van der Waals surface area contributed by atoms with E-state index in [1.807, 2.05) is 6.92 Å². The van der Waals surface area contributed by atoms with Crippen LogP contribution in [0.2, 0.25) is 0 Å². The second-order valence-electron chi connectivity index (χ2n) is 5.19. The first-order chi connectivity index (χ1) is 7.43. The van der Waals surface area contributed by atoms with Crippen molar-refractivity contribution in [1.82, 2.24) is 0 Å². The molecule has 0 saturated carbocycles. The number of alkyl halides is 1. The van der Waals surface area contributed by atoms with Crippen molar-refractivity contribution < 1.29 is 20.3 Å². The molecule has 4 N–H and O–H groups in total. The second-order valence-corrected chi connectivity index (χ2v) is 5.75. The molecule has 0 aliphatic rings. The number of aliphatic hydroxyl groups is 2. The average molecular weight is 269 g/mol. The summed E-state index contributed by atoms with van der Waals surface area (Å²) in [5.74, 6) is 0. The molecule has 17 heavy (non-hydrogen) atoms. The summed E-state index contributed by atoms with van der Waals surface area (Å²) in [6.45, 7) is 8.34. The topological polar surface area (TPSA) is 80.9 Å². The van der Waals surface area contributed by atoms with Crippen LogP contribution in [0.4, 0.5) is 0 Å². The molecule has 104 valence electrons. The van der Waals surface area contributed by atoms with Gasteiger partial charge in [-0.3, -0.25) is 0 Å². The molecule has 0 heterocycles. The summed E-state index contributed by atoms with van der Waals surface area (Å²) in [5.41, 5.74) is -2.01. The van der Waals surface area contributed by atoms with E-state index in [0.29, 0.717) is 6.42 Å². The fraction of sp³-hybridized carbons (Fsp3) is 1.00. The zero-order valence-corrected chi connectivity index (χ0v) is 12.2. The van der Waals surface area contributed by atoms with E-state index in [1.54, 1.807) is 27.7 Å². The highest BCUT2D eigenvalue weighted by molar-refractivity contribution is 6.57. The molecule has 0 spiro atoms. The average Bonchev–Trinajstić information content (AvgIpc) is 2.11. The summed E-state index contributed by atoms with van der Waals surface area (Å²) in [6, 6.07) is 0. The maximum atomic E-state index is 9.10. The van der Waals surface area contributed by atoms with Crippen molar-refractivity contribution in [3.63, 3.8) is 0 Å². The van der Waals surface area contributed by atoms with Gasteiger partial charge < -0.3 is 20.3 Å². The largest absolute Gasteiger partial charge is 0.470 e. The molecule has 0 amide bonds. The van der Waals surface area contributed by atoms with Gasteiger partial charge in [-0.2, -0.15) is 0 Å². The SMILES string of the molecule is CC(C)(O)C(C)(C)O.CCCCC(Cl)B(O)O. The van der Waals surface area contributed by atoms with Gasteiger partial charge in [-0.1, -0.05) is 19.8 Å². The molecule has 0 saturated heterocycles. The lowest BCUT2D eigenvalue weighted by molar-refractivity contribution is -0.107. The van der Waals surface area contributed by atoms with Gasteiger partial charge in [0.05, 0.1) is 16.5 Å². The Labute approximate surface area is 110 Å². The van der Waals surface area contributed by atoms with Crippen LogP contribution in [0.15, 0.2) is 0 Å². The molecule has 4 nitrogen and oxygen atoms in total. The van der Waals surface area contributed by atoms with Crippen molar-refractivity contribution in [2.75, 3.05) is 0 Å². The standard InChI is InChI=1S/C6H14O2.C5H12BClO2/c1-5(2,7)6(3,4)8;1-2-3-4-5(7)6(8)9/h7-8H,1-4H3;5,8-9H,2-4H2,1H3. The van der Waals surface area contributed by atoms with E-state index in [2.05, 4.69) is 0 Å². The Bertz CT molecular complexity index is 175. The molecular weight excluding hydrogens is 242 g/mol. The van der Waals surface area contributed by atoms with Crippen LogP contribution in [0.5, 0.6) is 0 Å².